The molecule has 0 bridgehead atoms. The van der Waals surface area contributed by atoms with E-state index in [0.29, 0.717) is 18.3 Å². The predicted molar refractivity (Wildman–Crippen MR) is 123 cm³/mol. The summed E-state index contributed by atoms with van der Waals surface area (Å²) in [4.78, 5) is 30.3. The van der Waals surface area contributed by atoms with Crippen molar-refractivity contribution < 1.29 is 19.4 Å². The average Bonchev–Trinajstić information content (AvgIpc) is 2.84. The van der Waals surface area contributed by atoms with Gasteiger partial charge in [-0.3, -0.25) is 4.79 Å². The van der Waals surface area contributed by atoms with E-state index < -0.39 is 5.97 Å². The van der Waals surface area contributed by atoms with Gasteiger partial charge in [-0.25, -0.2) is 9.78 Å². The number of piperidine rings is 1. The first kappa shape index (κ1) is 22.1. The smallest absolute Gasteiger partial charge is 0.335 e. The predicted octanol–water partition coefficient (Wildman–Crippen LogP) is 4.59. The lowest BCUT2D eigenvalue weighted by Crippen LogP contribution is -2.36. The summed E-state index contributed by atoms with van der Waals surface area (Å²) in [5, 5.41) is 12.1. The number of aromatic carboxylic acids is 1. The minimum absolute atomic E-state index is 0.119. The standard InChI is InChI=1S/C25H31N3O4/c29-24(19-5-2-1-3-6-19)27-21-9-10-23(26-16-21)28-13-11-18(12-14-28)17-32-22-8-4-7-20(15-22)25(30)31/h4,7-10,15-16,18-19H,1-3,5-6,11-14,17H2,(H,27,29)(H,30,31). The maximum Gasteiger partial charge on any atom is 0.335 e. The van der Waals surface area contributed by atoms with Gasteiger partial charge in [-0.15, -0.1) is 0 Å². The van der Waals surface area contributed by atoms with Crippen molar-refractivity contribution in [2.45, 2.75) is 44.9 Å². The second-order valence-corrected chi connectivity index (χ2v) is 8.80. The maximum atomic E-state index is 12.4. The molecule has 1 aliphatic heterocycles. The van der Waals surface area contributed by atoms with Crippen LogP contribution in [0, 0.1) is 11.8 Å². The molecule has 4 rings (SSSR count). The minimum Gasteiger partial charge on any atom is -0.493 e. The molecular weight excluding hydrogens is 406 g/mol. The molecular formula is C25H31N3O4. The molecule has 1 saturated carbocycles. The van der Waals surface area contributed by atoms with Crippen LogP contribution in [0.4, 0.5) is 11.5 Å². The van der Waals surface area contributed by atoms with Gasteiger partial charge in [0.1, 0.15) is 11.6 Å². The number of carboxylic acids is 1. The minimum atomic E-state index is -0.948. The molecule has 7 heteroatoms. The van der Waals surface area contributed by atoms with Gasteiger partial charge in [0, 0.05) is 19.0 Å². The Labute approximate surface area is 188 Å². The third-order valence-corrected chi connectivity index (χ3v) is 6.50. The summed E-state index contributed by atoms with van der Waals surface area (Å²) in [6.45, 7) is 2.37. The summed E-state index contributed by atoms with van der Waals surface area (Å²) in [7, 11) is 0. The van der Waals surface area contributed by atoms with Crippen molar-refractivity contribution in [3.8, 4) is 5.75 Å². The number of ether oxygens (including phenoxy) is 1. The van der Waals surface area contributed by atoms with Gasteiger partial charge in [-0.2, -0.15) is 0 Å². The molecule has 0 atom stereocenters. The maximum absolute atomic E-state index is 12.4. The molecule has 2 heterocycles. The van der Waals surface area contributed by atoms with E-state index in [4.69, 9.17) is 9.84 Å². The van der Waals surface area contributed by atoms with Crippen LogP contribution in [-0.4, -0.2) is 41.7 Å². The van der Waals surface area contributed by atoms with Crippen LogP contribution in [-0.2, 0) is 4.79 Å². The van der Waals surface area contributed by atoms with Gasteiger partial charge in [0.05, 0.1) is 24.1 Å². The van der Waals surface area contributed by atoms with E-state index in [1.165, 1.54) is 6.42 Å². The number of nitrogens with one attached hydrogen (secondary N) is 1. The molecule has 1 aliphatic carbocycles. The number of hydrogen-bond donors (Lipinski definition) is 2. The molecule has 2 N–H and O–H groups in total. The Balaban J connectivity index is 1.23. The Morgan fingerprint density at radius 3 is 2.53 bits per heavy atom. The van der Waals surface area contributed by atoms with Gasteiger partial charge in [-0.05, 0) is 61.9 Å². The SMILES string of the molecule is O=C(O)c1cccc(OCC2CCN(c3ccc(NC(=O)C4CCCCC4)cn3)CC2)c1. The first-order chi connectivity index (χ1) is 15.6. The third kappa shape index (κ3) is 5.78. The molecule has 2 aromatic rings. The lowest BCUT2D eigenvalue weighted by molar-refractivity contribution is -0.120. The lowest BCUT2D eigenvalue weighted by atomic mass is 9.88. The highest BCUT2D eigenvalue weighted by Crippen LogP contribution is 2.26. The quantitative estimate of drug-likeness (QED) is 0.658. The zero-order valence-corrected chi connectivity index (χ0v) is 18.3. The number of pyridine rings is 1. The largest absolute Gasteiger partial charge is 0.493 e. The van der Waals surface area contributed by atoms with E-state index in [1.807, 2.05) is 12.1 Å². The number of anilines is 2. The van der Waals surface area contributed by atoms with Crippen molar-refractivity contribution in [1.29, 1.82) is 0 Å². The molecule has 7 nitrogen and oxygen atoms in total. The van der Waals surface area contributed by atoms with Gasteiger partial charge >= 0.3 is 5.97 Å². The fourth-order valence-corrected chi connectivity index (χ4v) is 4.52. The Morgan fingerprint density at radius 2 is 1.84 bits per heavy atom. The Kier molecular flexibility index (Phi) is 7.24. The van der Waals surface area contributed by atoms with E-state index in [9.17, 15) is 9.59 Å². The Morgan fingerprint density at radius 1 is 1.06 bits per heavy atom. The highest BCUT2D eigenvalue weighted by molar-refractivity contribution is 5.92. The summed E-state index contributed by atoms with van der Waals surface area (Å²) in [5.41, 5.74) is 0.998. The molecule has 0 radical (unpaired) electrons. The first-order valence-corrected chi connectivity index (χ1v) is 11.6. The van der Waals surface area contributed by atoms with Gasteiger partial charge in [-0.1, -0.05) is 25.3 Å². The fourth-order valence-electron chi connectivity index (χ4n) is 4.52. The summed E-state index contributed by atoms with van der Waals surface area (Å²) < 4.78 is 5.84. The summed E-state index contributed by atoms with van der Waals surface area (Å²) in [6.07, 6.45) is 9.22. The van der Waals surface area contributed by atoms with Crippen LogP contribution in [0.25, 0.3) is 0 Å². The molecule has 0 spiro atoms. The Bertz CT molecular complexity index is 917. The third-order valence-electron chi connectivity index (χ3n) is 6.50. The second-order valence-electron chi connectivity index (χ2n) is 8.80. The van der Waals surface area contributed by atoms with Crippen LogP contribution in [0.3, 0.4) is 0 Å². The van der Waals surface area contributed by atoms with Gasteiger partial charge < -0.3 is 20.1 Å². The normalized spacial score (nSPS) is 17.7. The fraction of sp³-hybridized carbons (Fsp3) is 0.480. The van der Waals surface area contributed by atoms with Crippen molar-refractivity contribution in [3.05, 3.63) is 48.2 Å². The summed E-state index contributed by atoms with van der Waals surface area (Å²) in [6, 6.07) is 10.5. The molecule has 1 amide bonds. The van der Waals surface area contributed by atoms with E-state index in [2.05, 4.69) is 15.2 Å². The van der Waals surface area contributed by atoms with Crippen LogP contribution in [0.15, 0.2) is 42.6 Å². The molecule has 2 fully saturated rings. The van der Waals surface area contributed by atoms with Crippen LogP contribution < -0.4 is 15.0 Å². The summed E-state index contributed by atoms with van der Waals surface area (Å²) in [5.74, 6) is 1.25. The number of rotatable bonds is 7. The highest BCUT2D eigenvalue weighted by atomic mass is 16.5. The zero-order valence-electron chi connectivity index (χ0n) is 18.3. The monoisotopic (exact) mass is 437 g/mol. The molecule has 1 aromatic heterocycles. The highest BCUT2D eigenvalue weighted by Gasteiger charge is 2.23. The van der Waals surface area contributed by atoms with Crippen molar-refractivity contribution in [1.82, 2.24) is 4.98 Å². The van der Waals surface area contributed by atoms with Crippen LogP contribution in [0.1, 0.15) is 55.3 Å². The Hall–Kier alpha value is -3.09. The van der Waals surface area contributed by atoms with Crippen molar-refractivity contribution in [2.24, 2.45) is 11.8 Å². The number of amides is 1. The average molecular weight is 438 g/mol. The van der Waals surface area contributed by atoms with E-state index in [0.717, 1.165) is 63.1 Å². The van der Waals surface area contributed by atoms with Crippen molar-refractivity contribution >= 4 is 23.4 Å². The lowest BCUT2D eigenvalue weighted by Gasteiger charge is -2.32. The molecule has 1 saturated heterocycles. The number of carbonyl (C=O) groups excluding carboxylic acids is 1. The zero-order chi connectivity index (χ0) is 22.3. The number of nitrogens with zero attached hydrogens (tertiary/aromatic N) is 2. The van der Waals surface area contributed by atoms with Crippen molar-refractivity contribution in [2.75, 3.05) is 29.9 Å². The van der Waals surface area contributed by atoms with Crippen LogP contribution >= 0.6 is 0 Å². The van der Waals surface area contributed by atoms with Gasteiger partial charge in [0.25, 0.3) is 0 Å². The van der Waals surface area contributed by atoms with Gasteiger partial charge in [0.15, 0.2) is 0 Å². The molecule has 32 heavy (non-hydrogen) atoms. The van der Waals surface area contributed by atoms with Crippen LogP contribution in [0.5, 0.6) is 5.75 Å². The molecule has 2 aliphatic rings. The van der Waals surface area contributed by atoms with Gasteiger partial charge in [0.2, 0.25) is 5.91 Å². The van der Waals surface area contributed by atoms with Crippen LogP contribution in [0.2, 0.25) is 0 Å². The second kappa shape index (κ2) is 10.5. The number of carboxylic acid groups (broad SMARTS) is 1. The number of benzene rings is 1. The molecule has 0 unspecified atom stereocenters. The van der Waals surface area contributed by atoms with E-state index in [1.54, 1.807) is 30.5 Å². The van der Waals surface area contributed by atoms with Crippen molar-refractivity contribution in [3.63, 3.8) is 0 Å². The molecule has 170 valence electrons. The van der Waals surface area contributed by atoms with E-state index in [-0.39, 0.29) is 17.4 Å². The topological polar surface area (TPSA) is 91.8 Å². The van der Waals surface area contributed by atoms with E-state index >= 15 is 0 Å². The number of hydrogen-bond acceptors (Lipinski definition) is 5. The number of carbonyl (C=O) groups is 2. The number of aromatic nitrogens is 1. The summed E-state index contributed by atoms with van der Waals surface area (Å²) >= 11 is 0. The molecule has 1 aromatic carbocycles. The first-order valence-electron chi connectivity index (χ1n) is 11.6.